The van der Waals surface area contributed by atoms with Crippen molar-refractivity contribution in [1.82, 2.24) is 0 Å². The van der Waals surface area contributed by atoms with Gasteiger partial charge in [-0.15, -0.1) is 0 Å². The lowest BCUT2D eigenvalue weighted by Crippen LogP contribution is -2.20. The summed E-state index contributed by atoms with van der Waals surface area (Å²) >= 11 is 0. The van der Waals surface area contributed by atoms with Crippen LogP contribution in [0.25, 0.3) is 0 Å². The normalized spacial score (nSPS) is 32.6. The van der Waals surface area contributed by atoms with Gasteiger partial charge in [0.05, 0.1) is 0 Å². The fraction of sp³-hybridized carbons (Fsp3) is 1.00. The lowest BCUT2D eigenvalue weighted by Gasteiger charge is -2.33. The van der Waals surface area contributed by atoms with Crippen LogP contribution in [0.5, 0.6) is 0 Å². The molecular weight excluding hydrogens is 889 g/mol. The highest BCUT2D eigenvalue weighted by Gasteiger charge is 2.59. The van der Waals surface area contributed by atoms with Gasteiger partial charge in [0.25, 0.3) is 0 Å². The van der Waals surface area contributed by atoms with Crippen molar-refractivity contribution in [2.75, 3.05) is 0 Å². The lowest BCUT2D eigenvalue weighted by molar-refractivity contribution is 0.190. The molecule has 74 heavy (non-hydrogen) atoms. The summed E-state index contributed by atoms with van der Waals surface area (Å²) < 4.78 is 0. The Balaban J connectivity index is 0.000000786. The minimum atomic E-state index is 0.708. The quantitative estimate of drug-likeness (QED) is 0.191. The molecule has 0 aromatic carbocycles. The number of hydrogen-bond donors (Lipinski definition) is 0. The van der Waals surface area contributed by atoms with Crippen LogP contribution < -0.4 is 0 Å². The van der Waals surface area contributed by atoms with Crippen LogP contribution in [0.4, 0.5) is 0 Å². The molecule has 0 radical (unpaired) electrons. The predicted molar refractivity (Wildman–Crippen MR) is 343 cm³/mol. The summed E-state index contributed by atoms with van der Waals surface area (Å²) in [5, 5.41) is 0. The molecule has 11 aliphatic carbocycles. The van der Waals surface area contributed by atoms with E-state index in [0.29, 0.717) is 5.41 Å². The van der Waals surface area contributed by atoms with E-state index >= 15 is 0 Å². The zero-order valence-corrected chi connectivity index (χ0v) is 56.7. The van der Waals surface area contributed by atoms with Crippen LogP contribution in [0, 0.1) is 105 Å². The molecule has 0 saturated heterocycles. The van der Waals surface area contributed by atoms with Crippen molar-refractivity contribution in [3.63, 3.8) is 0 Å². The zero-order valence-electron chi connectivity index (χ0n) is 56.7. The third kappa shape index (κ3) is 38.6. The lowest BCUT2D eigenvalue weighted by atomic mass is 9.72. The Kier molecular flexibility index (Phi) is 39.4. The largest absolute Gasteiger partial charge is 0.0654 e. The van der Waals surface area contributed by atoms with E-state index in [1.165, 1.54) is 186 Å². The third-order valence-electron chi connectivity index (χ3n) is 21.8. The fourth-order valence-electron chi connectivity index (χ4n) is 10.9. The monoisotopic (exact) mass is 1040 g/mol. The molecule has 1 spiro atoms. The summed E-state index contributed by atoms with van der Waals surface area (Å²) in [5.74, 6) is 14.5. The van der Waals surface area contributed by atoms with Crippen LogP contribution in [-0.4, -0.2) is 0 Å². The first-order chi connectivity index (χ1) is 34.6. The van der Waals surface area contributed by atoms with E-state index in [1.807, 2.05) is 0 Å². The SMILES string of the molecule is CC1(C)CCC1.CC1C(C)C1C.CC1CC(C)C1.CC1CC1(C)C.CC1CCCC1.CC1CC[C@H]1C.CCC1(C)CC1.CCC1CC1C.CCC1CCC1.CCCCC(C)C.CCCCCCC.C[C@H]1CC12CC2. The second kappa shape index (κ2) is 39.4. The van der Waals surface area contributed by atoms with E-state index in [-0.39, 0.29) is 0 Å². The first kappa shape index (κ1) is 74.0. The maximum atomic E-state index is 2.37. The van der Waals surface area contributed by atoms with Crippen LogP contribution in [0.15, 0.2) is 0 Å². The molecular formula is C74H150. The molecule has 0 heterocycles. The number of hydrogen-bond acceptors (Lipinski definition) is 0. The van der Waals surface area contributed by atoms with Gasteiger partial charge in [0.1, 0.15) is 0 Å². The molecule has 0 aromatic rings. The Hall–Kier alpha value is 0. The van der Waals surface area contributed by atoms with Crippen molar-refractivity contribution in [3.8, 4) is 0 Å². The third-order valence-corrected chi connectivity index (χ3v) is 21.8. The summed E-state index contributed by atoms with van der Waals surface area (Å²) in [7, 11) is 0. The maximum Gasteiger partial charge on any atom is -0.0268 e. The van der Waals surface area contributed by atoms with Crippen molar-refractivity contribution in [1.29, 1.82) is 0 Å². The van der Waals surface area contributed by atoms with Crippen LogP contribution in [0.2, 0.25) is 0 Å². The molecule has 11 saturated carbocycles. The molecule has 11 fully saturated rings. The predicted octanol–water partition coefficient (Wildman–Crippen LogP) is 26.5. The summed E-state index contributed by atoms with van der Waals surface area (Å²) in [4.78, 5) is 0. The molecule has 446 valence electrons. The molecule has 0 bridgehead atoms. The maximum absolute atomic E-state index is 2.37. The highest BCUT2D eigenvalue weighted by Crippen LogP contribution is 2.70. The molecule has 0 N–H and O–H groups in total. The smallest absolute Gasteiger partial charge is 0.0268 e. The topological polar surface area (TPSA) is 0 Å². The molecule has 11 aliphatic rings. The van der Waals surface area contributed by atoms with Gasteiger partial charge in [-0.2, -0.15) is 0 Å². The molecule has 11 rings (SSSR count). The minimum absolute atomic E-state index is 0.708. The number of rotatable bonds is 10. The van der Waals surface area contributed by atoms with Crippen LogP contribution in [-0.2, 0) is 0 Å². The van der Waals surface area contributed by atoms with Crippen LogP contribution in [0.3, 0.4) is 0 Å². The number of unbranched alkanes of at least 4 members (excludes halogenated alkanes) is 5. The van der Waals surface area contributed by atoms with Gasteiger partial charge in [-0.3, -0.25) is 0 Å². The van der Waals surface area contributed by atoms with E-state index in [1.54, 1.807) is 19.3 Å². The average molecular weight is 1040 g/mol. The van der Waals surface area contributed by atoms with E-state index < -0.39 is 0 Å². The Morgan fingerprint density at radius 3 is 0.878 bits per heavy atom. The van der Waals surface area contributed by atoms with E-state index in [9.17, 15) is 0 Å². The van der Waals surface area contributed by atoms with Crippen molar-refractivity contribution in [2.24, 2.45) is 105 Å². The van der Waals surface area contributed by atoms with Crippen LogP contribution in [0.1, 0.15) is 372 Å². The second-order valence-corrected chi connectivity index (χ2v) is 31.1. The molecule has 4 unspecified atom stereocenters. The Morgan fingerprint density at radius 2 is 0.824 bits per heavy atom. The van der Waals surface area contributed by atoms with E-state index in [0.717, 1.165) is 99.1 Å². The molecule has 0 heteroatoms. The van der Waals surface area contributed by atoms with Gasteiger partial charge in [-0.05, 0) is 175 Å². The van der Waals surface area contributed by atoms with Gasteiger partial charge in [0.15, 0.2) is 0 Å². The van der Waals surface area contributed by atoms with Gasteiger partial charge in [0.2, 0.25) is 0 Å². The van der Waals surface area contributed by atoms with Crippen molar-refractivity contribution < 1.29 is 0 Å². The summed E-state index contributed by atoms with van der Waals surface area (Å²) in [6.45, 7) is 55.3. The summed E-state index contributed by atoms with van der Waals surface area (Å²) in [5.41, 5.74) is 3.18. The first-order valence-corrected chi connectivity index (χ1v) is 34.6. The van der Waals surface area contributed by atoms with Gasteiger partial charge in [-0.25, -0.2) is 0 Å². The summed E-state index contributed by atoms with van der Waals surface area (Å²) in [6.07, 6.45) is 46.6. The van der Waals surface area contributed by atoms with Crippen molar-refractivity contribution in [2.45, 2.75) is 372 Å². The minimum Gasteiger partial charge on any atom is -0.0654 e. The molecule has 0 aromatic heterocycles. The molecule has 0 nitrogen and oxygen atoms in total. The molecule has 6 atom stereocenters. The molecule has 0 amide bonds. The van der Waals surface area contributed by atoms with Crippen molar-refractivity contribution in [3.05, 3.63) is 0 Å². The Morgan fingerprint density at radius 1 is 0.419 bits per heavy atom. The Bertz CT molecular complexity index is 1160. The Labute approximate surface area is 473 Å². The van der Waals surface area contributed by atoms with Gasteiger partial charge >= 0.3 is 0 Å². The highest BCUT2D eigenvalue weighted by molar-refractivity contribution is 5.10. The van der Waals surface area contributed by atoms with Crippen LogP contribution >= 0.6 is 0 Å². The second-order valence-electron chi connectivity index (χ2n) is 31.1. The average Bonchev–Trinajstić information content (AvgIpc) is 4.11. The van der Waals surface area contributed by atoms with Gasteiger partial charge in [-0.1, -0.05) is 301 Å². The summed E-state index contributed by atoms with van der Waals surface area (Å²) in [6, 6.07) is 0. The van der Waals surface area contributed by atoms with Gasteiger partial charge in [0, 0.05) is 0 Å². The fourth-order valence-corrected chi connectivity index (χ4v) is 10.9. The standard InChI is InChI=1S/2C7H16.C6H10.9C6H12/c1-4-5-6-7(2)3;1-3-5-7-6-4-2;1-5-4-6(5)2-3-6;1-5-4-6(5,2)3;1-5-3-6(2)4-5;1-6(2)4-3-5-6;1-5-3-4-6(5)2;1-4-5(2)6(4)3;1-6-4-2-3-5-6;1-3-6(2)4-5-6;1-3-6-4-5(6)2;1-2-6-4-3-5-6/h7H,4-6H2,1-3H3;3-7H2,1-2H3;5H,2-4H2,1H3;5H,4H2,1-3H3;5-6H,3-4H2,1-2H3;3-5H2,1-2H3;5-6H,3-4H2,1-2H3;4-6H,1-3H3;6H,2-5H2,1H3;3-5H2,1-2H3;5-6H,3-4H2,1-2H3;6H,2-5H2,1H3/t;;5-;;;;5-,6?;;;;;/m..0...1...../s1. The highest BCUT2D eigenvalue weighted by atomic mass is 14.6. The van der Waals surface area contributed by atoms with E-state index in [2.05, 4.69) is 166 Å². The van der Waals surface area contributed by atoms with E-state index in [4.69, 9.17) is 0 Å². The molecule has 0 aliphatic heterocycles. The van der Waals surface area contributed by atoms with Gasteiger partial charge < -0.3 is 0 Å². The zero-order chi connectivity index (χ0) is 56.7. The van der Waals surface area contributed by atoms with Crippen molar-refractivity contribution >= 4 is 0 Å². The first-order valence-electron chi connectivity index (χ1n) is 34.6.